The van der Waals surface area contributed by atoms with Gasteiger partial charge in [-0.05, 0) is 59.7 Å². The zero-order valence-electron chi connectivity index (χ0n) is 11.4. The summed E-state index contributed by atoms with van der Waals surface area (Å²) < 4.78 is 1.71. The lowest BCUT2D eigenvalue weighted by atomic mass is 10.1. The van der Waals surface area contributed by atoms with E-state index in [2.05, 4.69) is 35.4 Å². The number of aryl methyl sites for hydroxylation is 2. The molecule has 0 spiro atoms. The normalized spacial score (nSPS) is 10.7. The van der Waals surface area contributed by atoms with Crippen LogP contribution in [0.1, 0.15) is 11.1 Å². The van der Waals surface area contributed by atoms with Gasteiger partial charge in [0.25, 0.3) is 0 Å². The number of benzene rings is 2. The van der Waals surface area contributed by atoms with Crippen LogP contribution in [0.5, 0.6) is 0 Å². The van der Waals surface area contributed by atoms with Crippen molar-refractivity contribution in [2.24, 2.45) is 0 Å². The second kappa shape index (κ2) is 4.77. The van der Waals surface area contributed by atoms with Crippen molar-refractivity contribution in [1.29, 1.82) is 0 Å². The van der Waals surface area contributed by atoms with Gasteiger partial charge in [0, 0.05) is 11.3 Å². The van der Waals surface area contributed by atoms with Crippen LogP contribution in [0.2, 0.25) is 0 Å². The molecule has 1 heterocycles. The molecule has 5 nitrogen and oxygen atoms in total. The Morgan fingerprint density at radius 3 is 2.40 bits per heavy atom. The molecule has 0 radical (unpaired) electrons. The van der Waals surface area contributed by atoms with E-state index in [4.69, 9.17) is 5.73 Å². The Morgan fingerprint density at radius 1 is 1.00 bits per heavy atom. The van der Waals surface area contributed by atoms with Crippen LogP contribution < -0.4 is 5.73 Å². The largest absolute Gasteiger partial charge is 0.398 e. The molecule has 1 aromatic heterocycles. The number of nitrogens with zero attached hydrogens (tertiary/aromatic N) is 4. The summed E-state index contributed by atoms with van der Waals surface area (Å²) in [5.74, 6) is 0.646. The molecule has 2 N–H and O–H groups in total. The first kappa shape index (κ1) is 12.3. The van der Waals surface area contributed by atoms with Gasteiger partial charge in [0.2, 0.25) is 0 Å². The molecule has 0 fully saturated rings. The Bertz CT molecular complexity index is 740. The summed E-state index contributed by atoms with van der Waals surface area (Å²) in [6, 6.07) is 13.8. The molecule has 2 aromatic carbocycles. The van der Waals surface area contributed by atoms with Crippen LogP contribution in [0, 0.1) is 13.8 Å². The maximum absolute atomic E-state index is 6.01. The number of anilines is 1. The highest BCUT2D eigenvalue weighted by Gasteiger charge is 2.13. The quantitative estimate of drug-likeness (QED) is 0.723. The van der Waals surface area contributed by atoms with E-state index in [1.807, 2.05) is 36.4 Å². The van der Waals surface area contributed by atoms with E-state index < -0.39 is 0 Å². The molecule has 0 unspecified atom stereocenters. The number of aromatic nitrogens is 4. The minimum Gasteiger partial charge on any atom is -0.398 e. The minimum atomic E-state index is 0.646. The van der Waals surface area contributed by atoms with E-state index in [1.54, 1.807) is 4.68 Å². The van der Waals surface area contributed by atoms with E-state index in [1.165, 1.54) is 11.1 Å². The first-order chi connectivity index (χ1) is 9.65. The minimum absolute atomic E-state index is 0.646. The molecule has 5 heteroatoms. The van der Waals surface area contributed by atoms with Gasteiger partial charge in [-0.2, -0.15) is 4.68 Å². The molecule has 0 aliphatic rings. The van der Waals surface area contributed by atoms with E-state index in [0.29, 0.717) is 11.5 Å². The summed E-state index contributed by atoms with van der Waals surface area (Å²) in [5, 5.41) is 12.0. The summed E-state index contributed by atoms with van der Waals surface area (Å²) in [7, 11) is 0. The van der Waals surface area contributed by atoms with Gasteiger partial charge in [0.05, 0.1) is 5.69 Å². The van der Waals surface area contributed by atoms with Crippen LogP contribution in [0.4, 0.5) is 5.69 Å². The molecule has 0 aliphatic carbocycles. The molecular formula is C15H15N5. The number of para-hydroxylation sites is 1. The van der Waals surface area contributed by atoms with E-state index in [9.17, 15) is 0 Å². The lowest BCUT2D eigenvalue weighted by Gasteiger charge is -2.08. The number of hydrogen-bond donors (Lipinski definition) is 1. The van der Waals surface area contributed by atoms with Gasteiger partial charge in [-0.25, -0.2) is 0 Å². The number of hydrogen-bond acceptors (Lipinski definition) is 4. The van der Waals surface area contributed by atoms with Crippen LogP contribution >= 0.6 is 0 Å². The highest BCUT2D eigenvalue weighted by Crippen LogP contribution is 2.25. The zero-order valence-corrected chi connectivity index (χ0v) is 11.4. The van der Waals surface area contributed by atoms with Crippen LogP contribution in [0.3, 0.4) is 0 Å². The standard InChI is InChI=1S/C15H15N5/c1-10-7-11(2)9-12(8-10)20-15(17-18-19-20)13-5-3-4-6-14(13)16/h3-9H,16H2,1-2H3. The van der Waals surface area contributed by atoms with Gasteiger partial charge in [0.1, 0.15) is 0 Å². The molecule has 3 aromatic rings. The zero-order chi connectivity index (χ0) is 14.1. The smallest absolute Gasteiger partial charge is 0.189 e. The Hall–Kier alpha value is -2.69. The highest BCUT2D eigenvalue weighted by molar-refractivity contribution is 5.72. The summed E-state index contributed by atoms with van der Waals surface area (Å²) in [4.78, 5) is 0. The van der Waals surface area contributed by atoms with Gasteiger partial charge < -0.3 is 5.73 Å². The molecule has 0 saturated carbocycles. The monoisotopic (exact) mass is 265 g/mol. The topological polar surface area (TPSA) is 69.6 Å². The number of rotatable bonds is 2. The Balaban J connectivity index is 2.18. The molecule has 100 valence electrons. The average Bonchev–Trinajstić information content (AvgIpc) is 2.87. The fraction of sp³-hybridized carbons (Fsp3) is 0.133. The van der Waals surface area contributed by atoms with E-state index in [0.717, 1.165) is 11.3 Å². The maximum atomic E-state index is 6.01. The fourth-order valence-corrected chi connectivity index (χ4v) is 2.30. The summed E-state index contributed by atoms with van der Waals surface area (Å²) >= 11 is 0. The van der Waals surface area contributed by atoms with Crippen LogP contribution in [-0.2, 0) is 0 Å². The Labute approximate surface area is 117 Å². The van der Waals surface area contributed by atoms with Gasteiger partial charge in [0.15, 0.2) is 5.82 Å². The third kappa shape index (κ3) is 2.14. The number of nitrogens with two attached hydrogens (primary N) is 1. The fourth-order valence-electron chi connectivity index (χ4n) is 2.30. The van der Waals surface area contributed by atoms with Crippen molar-refractivity contribution in [2.75, 3.05) is 5.73 Å². The number of tetrazole rings is 1. The van der Waals surface area contributed by atoms with Gasteiger partial charge in [-0.1, -0.05) is 18.2 Å². The van der Waals surface area contributed by atoms with Crippen molar-refractivity contribution < 1.29 is 0 Å². The predicted octanol–water partition coefficient (Wildman–Crippen LogP) is 2.53. The molecular weight excluding hydrogens is 250 g/mol. The number of nitrogen functional groups attached to an aromatic ring is 1. The molecule has 0 bridgehead atoms. The maximum Gasteiger partial charge on any atom is 0.189 e. The second-order valence-corrected chi connectivity index (χ2v) is 4.85. The Kier molecular flexibility index (Phi) is 2.95. The summed E-state index contributed by atoms with van der Waals surface area (Å²) in [5.41, 5.74) is 10.8. The summed E-state index contributed by atoms with van der Waals surface area (Å²) in [6.45, 7) is 4.11. The third-order valence-corrected chi connectivity index (χ3v) is 3.12. The molecule has 3 rings (SSSR count). The van der Waals surface area contributed by atoms with Gasteiger partial charge in [-0.15, -0.1) is 5.10 Å². The highest BCUT2D eigenvalue weighted by atomic mass is 15.5. The van der Waals surface area contributed by atoms with Crippen LogP contribution in [0.15, 0.2) is 42.5 Å². The van der Waals surface area contributed by atoms with Crippen LogP contribution in [-0.4, -0.2) is 20.2 Å². The molecule has 0 amide bonds. The second-order valence-electron chi connectivity index (χ2n) is 4.85. The van der Waals surface area contributed by atoms with Gasteiger partial charge >= 0.3 is 0 Å². The van der Waals surface area contributed by atoms with Crippen molar-refractivity contribution in [3.63, 3.8) is 0 Å². The van der Waals surface area contributed by atoms with Crippen molar-refractivity contribution in [1.82, 2.24) is 20.2 Å². The van der Waals surface area contributed by atoms with Gasteiger partial charge in [-0.3, -0.25) is 0 Å². The van der Waals surface area contributed by atoms with Crippen molar-refractivity contribution in [3.05, 3.63) is 53.6 Å². The predicted molar refractivity (Wildman–Crippen MR) is 78.5 cm³/mol. The molecule has 0 aliphatic heterocycles. The van der Waals surface area contributed by atoms with Crippen molar-refractivity contribution in [2.45, 2.75) is 13.8 Å². The molecule has 0 saturated heterocycles. The van der Waals surface area contributed by atoms with Crippen molar-refractivity contribution >= 4 is 5.69 Å². The average molecular weight is 265 g/mol. The first-order valence-electron chi connectivity index (χ1n) is 6.37. The Morgan fingerprint density at radius 2 is 1.70 bits per heavy atom. The van der Waals surface area contributed by atoms with E-state index >= 15 is 0 Å². The third-order valence-electron chi connectivity index (χ3n) is 3.12. The lowest BCUT2D eigenvalue weighted by Crippen LogP contribution is -2.02. The lowest BCUT2D eigenvalue weighted by molar-refractivity contribution is 0.790. The molecule has 20 heavy (non-hydrogen) atoms. The first-order valence-corrected chi connectivity index (χ1v) is 6.37. The van der Waals surface area contributed by atoms with Crippen LogP contribution in [0.25, 0.3) is 17.1 Å². The SMILES string of the molecule is Cc1cc(C)cc(-n2nnnc2-c2ccccc2N)c1. The van der Waals surface area contributed by atoms with Crippen molar-refractivity contribution in [3.8, 4) is 17.1 Å². The molecule has 0 atom stereocenters. The summed E-state index contributed by atoms with van der Waals surface area (Å²) in [6.07, 6.45) is 0. The van der Waals surface area contributed by atoms with E-state index in [-0.39, 0.29) is 0 Å².